The van der Waals surface area contributed by atoms with Gasteiger partial charge in [0.1, 0.15) is 5.78 Å². The molecule has 1 rings (SSSR count). The van der Waals surface area contributed by atoms with Crippen LogP contribution in [0.5, 0.6) is 11.5 Å². The van der Waals surface area contributed by atoms with Gasteiger partial charge in [-0.2, -0.15) is 0 Å². The van der Waals surface area contributed by atoms with Gasteiger partial charge >= 0.3 is 0 Å². The lowest BCUT2D eigenvalue weighted by molar-refractivity contribution is -0.116. The predicted molar refractivity (Wildman–Crippen MR) is 66.6 cm³/mol. The molecule has 0 saturated heterocycles. The lowest BCUT2D eigenvalue weighted by Crippen LogP contribution is -2.13. The molecule has 88 valence electrons. The standard InChI is InChI=1S/C12H15BrO3/c1-8(14)10(13)7-9-5-4-6-11(15-2)12(9)16-3/h4-6,10H,7H2,1-3H3. The molecule has 1 aromatic rings. The van der Waals surface area contributed by atoms with Crippen LogP contribution in [0.2, 0.25) is 0 Å². The third-order valence-corrected chi connectivity index (χ3v) is 3.29. The van der Waals surface area contributed by atoms with Crippen LogP contribution in [0, 0.1) is 0 Å². The second-order valence-electron chi connectivity index (χ2n) is 3.43. The zero-order chi connectivity index (χ0) is 12.1. The highest BCUT2D eigenvalue weighted by Crippen LogP contribution is 2.32. The van der Waals surface area contributed by atoms with Crippen LogP contribution in [0.3, 0.4) is 0 Å². The van der Waals surface area contributed by atoms with Gasteiger partial charge in [0, 0.05) is 0 Å². The van der Waals surface area contributed by atoms with E-state index in [0.29, 0.717) is 17.9 Å². The normalized spacial score (nSPS) is 12.0. The Labute approximate surface area is 104 Å². The Kier molecular flexibility index (Phi) is 4.80. The predicted octanol–water partition coefficient (Wildman–Crippen LogP) is 2.60. The van der Waals surface area contributed by atoms with Crippen molar-refractivity contribution in [3.63, 3.8) is 0 Å². The number of hydrogen-bond acceptors (Lipinski definition) is 3. The summed E-state index contributed by atoms with van der Waals surface area (Å²) in [5.41, 5.74) is 0.957. The third-order valence-electron chi connectivity index (χ3n) is 2.32. The Morgan fingerprint density at radius 3 is 2.56 bits per heavy atom. The van der Waals surface area contributed by atoms with Crippen LogP contribution >= 0.6 is 15.9 Å². The van der Waals surface area contributed by atoms with Crippen LogP contribution in [0.1, 0.15) is 12.5 Å². The van der Waals surface area contributed by atoms with Crippen molar-refractivity contribution in [1.29, 1.82) is 0 Å². The summed E-state index contributed by atoms with van der Waals surface area (Å²) in [7, 11) is 3.19. The van der Waals surface area contributed by atoms with E-state index >= 15 is 0 Å². The van der Waals surface area contributed by atoms with Gasteiger partial charge in [-0.3, -0.25) is 4.79 Å². The van der Waals surface area contributed by atoms with Crippen LogP contribution in [-0.2, 0) is 11.2 Å². The minimum Gasteiger partial charge on any atom is -0.493 e. The van der Waals surface area contributed by atoms with E-state index in [1.165, 1.54) is 0 Å². The molecular formula is C12H15BrO3. The van der Waals surface area contributed by atoms with Gasteiger partial charge in [0.25, 0.3) is 0 Å². The molecule has 0 saturated carbocycles. The van der Waals surface area contributed by atoms with Crippen molar-refractivity contribution in [2.45, 2.75) is 18.2 Å². The van der Waals surface area contributed by atoms with Gasteiger partial charge in [-0.15, -0.1) is 0 Å². The average molecular weight is 287 g/mol. The molecule has 0 amide bonds. The molecule has 0 aliphatic heterocycles. The number of carbonyl (C=O) groups is 1. The van der Waals surface area contributed by atoms with Crippen molar-refractivity contribution >= 4 is 21.7 Å². The molecule has 0 radical (unpaired) electrons. The molecule has 1 aromatic carbocycles. The number of ketones is 1. The first-order valence-corrected chi connectivity index (χ1v) is 5.86. The van der Waals surface area contributed by atoms with Crippen LogP contribution < -0.4 is 9.47 Å². The number of ether oxygens (including phenoxy) is 2. The molecular weight excluding hydrogens is 272 g/mol. The summed E-state index contributed by atoms with van der Waals surface area (Å²) in [6, 6.07) is 5.65. The van der Waals surface area contributed by atoms with Crippen LogP contribution in [0.25, 0.3) is 0 Å². The molecule has 1 atom stereocenters. The van der Waals surface area contributed by atoms with E-state index in [0.717, 1.165) is 5.56 Å². The lowest BCUT2D eigenvalue weighted by Gasteiger charge is -2.13. The molecule has 0 aromatic heterocycles. The van der Waals surface area contributed by atoms with Gasteiger partial charge in [0.05, 0.1) is 19.0 Å². The molecule has 0 aliphatic carbocycles. The number of Topliss-reactive ketones (excluding diaryl/α,β-unsaturated/α-hetero) is 1. The Balaban J connectivity index is 2.99. The molecule has 16 heavy (non-hydrogen) atoms. The molecule has 0 fully saturated rings. The first-order chi connectivity index (χ1) is 7.60. The molecule has 0 bridgehead atoms. The summed E-state index contributed by atoms with van der Waals surface area (Å²) in [6.07, 6.45) is 0.593. The van der Waals surface area contributed by atoms with Gasteiger partial charge < -0.3 is 9.47 Å². The van der Waals surface area contributed by atoms with Crippen molar-refractivity contribution in [3.8, 4) is 11.5 Å². The highest BCUT2D eigenvalue weighted by molar-refractivity contribution is 9.10. The molecule has 0 spiro atoms. The second-order valence-corrected chi connectivity index (χ2v) is 4.54. The van der Waals surface area contributed by atoms with E-state index in [-0.39, 0.29) is 10.6 Å². The highest BCUT2D eigenvalue weighted by atomic mass is 79.9. The van der Waals surface area contributed by atoms with Crippen molar-refractivity contribution in [3.05, 3.63) is 23.8 Å². The summed E-state index contributed by atoms with van der Waals surface area (Å²) < 4.78 is 10.5. The van der Waals surface area contributed by atoms with Crippen LogP contribution in [0.15, 0.2) is 18.2 Å². The fourth-order valence-electron chi connectivity index (χ4n) is 1.45. The Morgan fingerprint density at radius 2 is 2.06 bits per heavy atom. The van der Waals surface area contributed by atoms with E-state index in [9.17, 15) is 4.79 Å². The van der Waals surface area contributed by atoms with Crippen molar-refractivity contribution in [2.75, 3.05) is 14.2 Å². The quantitative estimate of drug-likeness (QED) is 0.781. The van der Waals surface area contributed by atoms with Crippen molar-refractivity contribution in [1.82, 2.24) is 0 Å². The zero-order valence-corrected chi connectivity index (χ0v) is 11.2. The summed E-state index contributed by atoms with van der Waals surface area (Å²) >= 11 is 3.34. The van der Waals surface area contributed by atoms with E-state index < -0.39 is 0 Å². The van der Waals surface area contributed by atoms with Gasteiger partial charge in [0.2, 0.25) is 0 Å². The lowest BCUT2D eigenvalue weighted by atomic mass is 10.1. The molecule has 0 N–H and O–H groups in total. The third kappa shape index (κ3) is 2.98. The summed E-state index contributed by atoms with van der Waals surface area (Å²) in [5, 5.41) is 0. The van der Waals surface area contributed by atoms with E-state index in [2.05, 4.69) is 15.9 Å². The van der Waals surface area contributed by atoms with Gasteiger partial charge in [-0.05, 0) is 25.0 Å². The number of methoxy groups -OCH3 is 2. The minimum atomic E-state index is -0.187. The van der Waals surface area contributed by atoms with E-state index in [4.69, 9.17) is 9.47 Å². The van der Waals surface area contributed by atoms with Crippen molar-refractivity contribution in [2.24, 2.45) is 0 Å². The topological polar surface area (TPSA) is 35.5 Å². The number of rotatable bonds is 5. The molecule has 0 aliphatic rings. The fourth-order valence-corrected chi connectivity index (χ4v) is 1.80. The second kappa shape index (κ2) is 5.89. The SMILES string of the molecule is COc1cccc(CC(Br)C(C)=O)c1OC. The number of halogens is 1. The van der Waals surface area contributed by atoms with Gasteiger partial charge in [0.15, 0.2) is 11.5 Å². The van der Waals surface area contributed by atoms with E-state index in [1.54, 1.807) is 21.1 Å². The van der Waals surface area contributed by atoms with Gasteiger partial charge in [-0.1, -0.05) is 28.1 Å². The maximum atomic E-state index is 11.2. The van der Waals surface area contributed by atoms with Gasteiger partial charge in [-0.25, -0.2) is 0 Å². The van der Waals surface area contributed by atoms with Crippen LogP contribution in [0.4, 0.5) is 0 Å². The zero-order valence-electron chi connectivity index (χ0n) is 9.62. The molecule has 3 nitrogen and oxygen atoms in total. The summed E-state index contributed by atoms with van der Waals surface area (Å²) in [5.74, 6) is 1.48. The Hall–Kier alpha value is -1.03. The Bertz CT molecular complexity index is 377. The number of alkyl halides is 1. The van der Waals surface area contributed by atoms with Crippen molar-refractivity contribution < 1.29 is 14.3 Å². The molecule has 0 heterocycles. The first-order valence-electron chi connectivity index (χ1n) is 4.94. The summed E-state index contributed by atoms with van der Waals surface area (Å²) in [6.45, 7) is 1.56. The van der Waals surface area contributed by atoms with Crippen LogP contribution in [-0.4, -0.2) is 24.8 Å². The first kappa shape index (κ1) is 13.0. The maximum Gasteiger partial charge on any atom is 0.163 e. The number of carbonyl (C=O) groups excluding carboxylic acids is 1. The maximum absolute atomic E-state index is 11.2. The largest absolute Gasteiger partial charge is 0.493 e. The monoisotopic (exact) mass is 286 g/mol. The smallest absolute Gasteiger partial charge is 0.163 e. The summed E-state index contributed by atoms with van der Waals surface area (Å²) in [4.78, 5) is 11.0. The number of hydrogen-bond donors (Lipinski definition) is 0. The molecule has 4 heteroatoms. The average Bonchev–Trinajstić information content (AvgIpc) is 2.28. The number of benzene rings is 1. The Morgan fingerprint density at radius 1 is 1.38 bits per heavy atom. The fraction of sp³-hybridized carbons (Fsp3) is 0.417. The minimum absolute atomic E-state index is 0.102. The molecule has 1 unspecified atom stereocenters. The highest BCUT2D eigenvalue weighted by Gasteiger charge is 2.15. The van der Waals surface area contributed by atoms with E-state index in [1.807, 2.05) is 18.2 Å². The number of para-hydroxylation sites is 1.